The molecule has 1 aromatic heterocycles. The standard InChI is InChI=1S/C21H25NO4S/c1-4-16-6-8-17(9-7-16)13-22(3)20(24)14-26-21(25)12-10-18(23)19-11-5-15(2)27-19/h5-9,11H,4,10,12-14H2,1-3H3. The highest BCUT2D eigenvalue weighted by Gasteiger charge is 2.15. The summed E-state index contributed by atoms with van der Waals surface area (Å²) in [6, 6.07) is 11.7. The fourth-order valence-corrected chi connectivity index (χ4v) is 3.33. The predicted octanol–water partition coefficient (Wildman–Crippen LogP) is 3.78. The third-order valence-corrected chi connectivity index (χ3v) is 5.25. The predicted molar refractivity (Wildman–Crippen MR) is 106 cm³/mol. The van der Waals surface area contributed by atoms with Gasteiger partial charge in [0.05, 0.1) is 11.3 Å². The van der Waals surface area contributed by atoms with E-state index in [1.54, 1.807) is 13.1 Å². The van der Waals surface area contributed by atoms with Crippen LogP contribution in [-0.4, -0.2) is 36.2 Å². The lowest BCUT2D eigenvalue weighted by Crippen LogP contribution is -2.30. The molecule has 27 heavy (non-hydrogen) atoms. The van der Waals surface area contributed by atoms with Crippen LogP contribution in [0.3, 0.4) is 0 Å². The van der Waals surface area contributed by atoms with Crippen molar-refractivity contribution in [2.45, 2.75) is 39.7 Å². The number of benzene rings is 1. The van der Waals surface area contributed by atoms with Gasteiger partial charge in [-0.25, -0.2) is 0 Å². The number of carbonyl (C=O) groups excluding carboxylic acids is 3. The summed E-state index contributed by atoms with van der Waals surface area (Å²) in [5, 5.41) is 0. The topological polar surface area (TPSA) is 63.7 Å². The Balaban J connectivity index is 1.71. The molecule has 0 spiro atoms. The van der Waals surface area contributed by atoms with Crippen LogP contribution < -0.4 is 0 Å². The number of rotatable bonds is 9. The van der Waals surface area contributed by atoms with Gasteiger partial charge in [-0.3, -0.25) is 14.4 Å². The Morgan fingerprint density at radius 3 is 2.26 bits per heavy atom. The largest absolute Gasteiger partial charge is 0.456 e. The van der Waals surface area contributed by atoms with Crippen LogP contribution in [0.15, 0.2) is 36.4 Å². The first-order valence-corrected chi connectivity index (χ1v) is 9.77. The summed E-state index contributed by atoms with van der Waals surface area (Å²) in [4.78, 5) is 39.1. The molecule has 0 aliphatic carbocycles. The molecule has 0 N–H and O–H groups in total. The molecule has 144 valence electrons. The molecule has 1 amide bonds. The van der Waals surface area contributed by atoms with Gasteiger partial charge in [0, 0.05) is 24.9 Å². The molecular weight excluding hydrogens is 362 g/mol. The zero-order valence-electron chi connectivity index (χ0n) is 16.0. The van der Waals surface area contributed by atoms with Gasteiger partial charge in [-0.05, 0) is 36.6 Å². The molecule has 0 radical (unpaired) electrons. The molecule has 1 heterocycles. The molecule has 0 saturated heterocycles. The first-order chi connectivity index (χ1) is 12.9. The van der Waals surface area contributed by atoms with Crippen LogP contribution >= 0.6 is 11.3 Å². The van der Waals surface area contributed by atoms with E-state index in [2.05, 4.69) is 6.92 Å². The van der Waals surface area contributed by atoms with Crippen molar-refractivity contribution in [3.63, 3.8) is 0 Å². The van der Waals surface area contributed by atoms with Crippen molar-refractivity contribution < 1.29 is 19.1 Å². The van der Waals surface area contributed by atoms with Crippen LogP contribution in [0.5, 0.6) is 0 Å². The maximum atomic E-state index is 12.1. The second kappa shape index (κ2) is 10.0. The Bertz CT molecular complexity index is 795. The maximum absolute atomic E-state index is 12.1. The van der Waals surface area contributed by atoms with E-state index in [4.69, 9.17) is 4.74 Å². The fraction of sp³-hybridized carbons (Fsp3) is 0.381. The van der Waals surface area contributed by atoms with E-state index < -0.39 is 5.97 Å². The quantitative estimate of drug-likeness (QED) is 0.485. The van der Waals surface area contributed by atoms with E-state index in [0.717, 1.165) is 16.9 Å². The summed E-state index contributed by atoms with van der Waals surface area (Å²) in [6.45, 7) is 4.16. The molecule has 5 nitrogen and oxygen atoms in total. The first kappa shape index (κ1) is 20.8. The molecule has 0 bridgehead atoms. The maximum Gasteiger partial charge on any atom is 0.306 e. The number of amides is 1. The van der Waals surface area contributed by atoms with Gasteiger partial charge >= 0.3 is 5.97 Å². The van der Waals surface area contributed by atoms with Crippen LogP contribution in [0.2, 0.25) is 0 Å². The van der Waals surface area contributed by atoms with Gasteiger partial charge in [0.2, 0.25) is 0 Å². The second-order valence-electron chi connectivity index (χ2n) is 6.41. The number of hydrogen-bond acceptors (Lipinski definition) is 5. The monoisotopic (exact) mass is 387 g/mol. The van der Waals surface area contributed by atoms with E-state index in [1.807, 2.05) is 37.3 Å². The summed E-state index contributed by atoms with van der Waals surface area (Å²) in [7, 11) is 1.67. The molecule has 0 unspecified atom stereocenters. The molecule has 0 aliphatic rings. The van der Waals surface area contributed by atoms with E-state index in [-0.39, 0.29) is 31.1 Å². The Morgan fingerprint density at radius 2 is 1.67 bits per heavy atom. The van der Waals surface area contributed by atoms with Crippen molar-refractivity contribution in [2.24, 2.45) is 0 Å². The van der Waals surface area contributed by atoms with Crippen LogP contribution in [0, 0.1) is 6.92 Å². The number of likely N-dealkylation sites (N-methyl/N-ethyl adjacent to an activating group) is 1. The van der Waals surface area contributed by atoms with Gasteiger partial charge in [-0.1, -0.05) is 31.2 Å². The highest BCUT2D eigenvalue weighted by atomic mass is 32.1. The number of thiophene rings is 1. The number of aryl methyl sites for hydroxylation is 2. The average Bonchev–Trinajstić information content (AvgIpc) is 3.11. The number of ketones is 1. The van der Waals surface area contributed by atoms with Crippen LogP contribution in [0.4, 0.5) is 0 Å². The van der Waals surface area contributed by atoms with Crippen molar-refractivity contribution in [3.05, 3.63) is 57.3 Å². The van der Waals surface area contributed by atoms with Gasteiger partial charge in [0.25, 0.3) is 5.91 Å². The molecule has 0 atom stereocenters. The summed E-state index contributed by atoms with van der Waals surface area (Å²) in [5.74, 6) is -0.891. The molecule has 1 aromatic carbocycles. The number of esters is 1. The SMILES string of the molecule is CCc1ccc(CN(C)C(=O)COC(=O)CCC(=O)c2ccc(C)s2)cc1. The Morgan fingerprint density at radius 1 is 1.00 bits per heavy atom. The molecule has 0 aliphatic heterocycles. The van der Waals surface area contributed by atoms with Gasteiger partial charge in [0.1, 0.15) is 0 Å². The van der Waals surface area contributed by atoms with Gasteiger partial charge < -0.3 is 9.64 Å². The molecule has 0 fully saturated rings. The Kier molecular flexibility index (Phi) is 7.73. The van der Waals surface area contributed by atoms with Crippen molar-refractivity contribution in [1.29, 1.82) is 0 Å². The number of Topliss-reactive ketones (excluding diaryl/α,β-unsaturated/α-hetero) is 1. The number of nitrogens with zero attached hydrogens (tertiary/aromatic N) is 1. The number of ether oxygens (including phenoxy) is 1. The number of carbonyl (C=O) groups is 3. The minimum absolute atomic E-state index is 0.0226. The van der Waals surface area contributed by atoms with E-state index in [1.165, 1.54) is 21.8 Å². The van der Waals surface area contributed by atoms with Gasteiger partial charge in [0.15, 0.2) is 12.4 Å². The average molecular weight is 388 g/mol. The summed E-state index contributed by atoms with van der Waals surface area (Å²) in [6.07, 6.45) is 1.04. The smallest absolute Gasteiger partial charge is 0.306 e. The molecule has 2 aromatic rings. The minimum atomic E-state index is -0.536. The summed E-state index contributed by atoms with van der Waals surface area (Å²) >= 11 is 1.41. The summed E-state index contributed by atoms with van der Waals surface area (Å²) < 4.78 is 5.01. The van der Waals surface area contributed by atoms with E-state index in [0.29, 0.717) is 11.4 Å². The minimum Gasteiger partial charge on any atom is -0.456 e. The van der Waals surface area contributed by atoms with Crippen molar-refractivity contribution in [2.75, 3.05) is 13.7 Å². The zero-order chi connectivity index (χ0) is 19.8. The van der Waals surface area contributed by atoms with Crippen LogP contribution in [0.25, 0.3) is 0 Å². The second-order valence-corrected chi connectivity index (χ2v) is 7.70. The zero-order valence-corrected chi connectivity index (χ0v) is 16.8. The van der Waals surface area contributed by atoms with Crippen molar-refractivity contribution in [1.82, 2.24) is 4.90 Å². The van der Waals surface area contributed by atoms with Crippen LogP contribution in [0.1, 0.15) is 45.4 Å². The lowest BCUT2D eigenvalue weighted by atomic mass is 10.1. The lowest BCUT2D eigenvalue weighted by molar-refractivity contribution is -0.151. The van der Waals surface area contributed by atoms with Crippen LogP contribution in [-0.2, 0) is 27.3 Å². The first-order valence-electron chi connectivity index (χ1n) is 8.96. The summed E-state index contributed by atoms with van der Waals surface area (Å²) in [5.41, 5.74) is 2.26. The molecule has 0 saturated carbocycles. The molecule has 6 heteroatoms. The van der Waals surface area contributed by atoms with Gasteiger partial charge in [-0.2, -0.15) is 0 Å². The fourth-order valence-electron chi connectivity index (χ4n) is 2.49. The highest BCUT2D eigenvalue weighted by molar-refractivity contribution is 7.14. The van der Waals surface area contributed by atoms with Crippen molar-refractivity contribution >= 4 is 29.0 Å². The van der Waals surface area contributed by atoms with E-state index in [9.17, 15) is 14.4 Å². The van der Waals surface area contributed by atoms with E-state index >= 15 is 0 Å². The number of hydrogen-bond donors (Lipinski definition) is 0. The molecular formula is C21H25NO4S. The van der Waals surface area contributed by atoms with Gasteiger partial charge in [-0.15, -0.1) is 11.3 Å². The Labute approximate surface area is 164 Å². The lowest BCUT2D eigenvalue weighted by Gasteiger charge is -2.17. The third-order valence-electron chi connectivity index (χ3n) is 4.20. The molecule has 2 rings (SSSR count). The third kappa shape index (κ3) is 6.64. The normalized spacial score (nSPS) is 10.5. The highest BCUT2D eigenvalue weighted by Crippen LogP contribution is 2.17. The Hall–Kier alpha value is -2.47. The van der Waals surface area contributed by atoms with Crippen molar-refractivity contribution in [3.8, 4) is 0 Å².